The van der Waals surface area contributed by atoms with E-state index in [1.54, 1.807) is 0 Å². The highest BCUT2D eigenvalue weighted by atomic mass is 19.1. The highest BCUT2D eigenvalue weighted by Crippen LogP contribution is 2.17. The molecule has 0 amide bonds. The van der Waals surface area contributed by atoms with Gasteiger partial charge in [-0.3, -0.25) is 4.79 Å². The number of hydrogen-bond donors (Lipinski definition) is 1. The van der Waals surface area contributed by atoms with Crippen molar-refractivity contribution in [2.75, 3.05) is 13.2 Å². The highest BCUT2D eigenvalue weighted by molar-refractivity contribution is 5.84. The second-order valence-electron chi connectivity index (χ2n) is 4.19. The fraction of sp³-hybridized carbons (Fsp3) is 0.417. The summed E-state index contributed by atoms with van der Waals surface area (Å²) in [6, 6.07) is 2.86. The number of carbonyl (C=O) groups is 1. The van der Waals surface area contributed by atoms with Gasteiger partial charge in [0.15, 0.2) is 0 Å². The van der Waals surface area contributed by atoms with Gasteiger partial charge < -0.3 is 10.5 Å². The van der Waals surface area contributed by atoms with Crippen molar-refractivity contribution in [3.63, 3.8) is 0 Å². The van der Waals surface area contributed by atoms with Gasteiger partial charge in [0.1, 0.15) is 17.4 Å². The van der Waals surface area contributed by atoms with Crippen LogP contribution in [-0.4, -0.2) is 25.0 Å². The predicted molar refractivity (Wildman–Crippen MR) is 57.4 cm³/mol. The summed E-state index contributed by atoms with van der Waals surface area (Å²) in [5.74, 6) is -1.91. The van der Waals surface area contributed by atoms with E-state index in [0.717, 1.165) is 12.1 Å². The molecule has 1 aliphatic heterocycles. The molecular weight excluding hydrogens is 228 g/mol. The molecule has 0 saturated carbocycles. The van der Waals surface area contributed by atoms with Gasteiger partial charge in [-0.1, -0.05) is 6.07 Å². The lowest BCUT2D eigenvalue weighted by Gasteiger charge is -2.12. The van der Waals surface area contributed by atoms with Crippen LogP contribution in [0.25, 0.3) is 0 Å². The summed E-state index contributed by atoms with van der Waals surface area (Å²) >= 11 is 0. The second kappa shape index (κ2) is 4.89. The fourth-order valence-electron chi connectivity index (χ4n) is 1.89. The summed E-state index contributed by atoms with van der Waals surface area (Å²) in [6.45, 7) is 0.630. The Balaban J connectivity index is 2.07. The number of Topliss-reactive ketones (excluding diaryl/α,β-unsaturated/α-hetero) is 1. The zero-order valence-electron chi connectivity index (χ0n) is 9.16. The maximum Gasteiger partial charge on any atom is 0.144 e. The first-order valence-corrected chi connectivity index (χ1v) is 5.38. The summed E-state index contributed by atoms with van der Waals surface area (Å²) in [5.41, 5.74) is 5.89. The minimum atomic E-state index is -0.703. The average molecular weight is 241 g/mol. The summed E-state index contributed by atoms with van der Waals surface area (Å²) in [4.78, 5) is 11.8. The Labute approximate surface area is 97.6 Å². The van der Waals surface area contributed by atoms with Crippen LogP contribution < -0.4 is 5.73 Å². The van der Waals surface area contributed by atoms with Crippen LogP contribution in [0.2, 0.25) is 0 Å². The molecule has 1 fully saturated rings. The quantitative estimate of drug-likeness (QED) is 0.860. The molecule has 1 aromatic carbocycles. The van der Waals surface area contributed by atoms with Gasteiger partial charge in [-0.15, -0.1) is 0 Å². The van der Waals surface area contributed by atoms with Crippen LogP contribution >= 0.6 is 0 Å². The second-order valence-corrected chi connectivity index (χ2v) is 4.19. The van der Waals surface area contributed by atoms with Crippen molar-refractivity contribution in [3.8, 4) is 0 Å². The van der Waals surface area contributed by atoms with Crippen molar-refractivity contribution in [2.24, 2.45) is 11.7 Å². The van der Waals surface area contributed by atoms with Crippen LogP contribution in [-0.2, 0) is 16.0 Å². The first-order chi connectivity index (χ1) is 8.08. The molecule has 5 heteroatoms. The Bertz CT molecular complexity index is 437. The lowest BCUT2D eigenvalue weighted by Crippen LogP contribution is -2.35. The maximum absolute atomic E-state index is 13.3. The van der Waals surface area contributed by atoms with Gasteiger partial charge in [-0.25, -0.2) is 8.78 Å². The number of benzene rings is 1. The van der Waals surface area contributed by atoms with E-state index >= 15 is 0 Å². The van der Waals surface area contributed by atoms with Gasteiger partial charge in [-0.2, -0.15) is 0 Å². The molecule has 0 radical (unpaired) electrons. The van der Waals surface area contributed by atoms with E-state index in [1.807, 2.05) is 0 Å². The van der Waals surface area contributed by atoms with Crippen molar-refractivity contribution in [3.05, 3.63) is 35.4 Å². The molecule has 0 aromatic heterocycles. The molecule has 1 heterocycles. The molecule has 1 aromatic rings. The molecule has 2 N–H and O–H groups in total. The molecule has 0 aliphatic carbocycles. The summed E-state index contributed by atoms with van der Waals surface area (Å²) in [5, 5.41) is 0. The maximum atomic E-state index is 13.3. The summed E-state index contributed by atoms with van der Waals surface area (Å²) in [6.07, 6.45) is -0.0756. The van der Waals surface area contributed by atoms with Gasteiger partial charge in [0.25, 0.3) is 0 Å². The van der Waals surface area contributed by atoms with Crippen LogP contribution in [0.3, 0.4) is 0 Å². The first-order valence-electron chi connectivity index (χ1n) is 5.38. The average Bonchev–Trinajstić information content (AvgIpc) is 2.68. The molecule has 17 heavy (non-hydrogen) atoms. The third kappa shape index (κ3) is 2.68. The molecule has 92 valence electrons. The van der Waals surface area contributed by atoms with E-state index in [4.69, 9.17) is 10.5 Å². The van der Waals surface area contributed by atoms with E-state index in [2.05, 4.69) is 0 Å². The number of carbonyl (C=O) groups excluding carboxylic acids is 1. The van der Waals surface area contributed by atoms with Crippen molar-refractivity contribution < 1.29 is 18.3 Å². The van der Waals surface area contributed by atoms with Crippen molar-refractivity contribution in [2.45, 2.75) is 12.5 Å². The minimum absolute atomic E-state index is 0.0756. The number of hydrogen-bond acceptors (Lipinski definition) is 3. The highest BCUT2D eigenvalue weighted by Gasteiger charge is 2.31. The van der Waals surface area contributed by atoms with Crippen molar-refractivity contribution in [1.82, 2.24) is 0 Å². The van der Waals surface area contributed by atoms with Gasteiger partial charge in [0, 0.05) is 18.5 Å². The first kappa shape index (κ1) is 12.1. The number of halogens is 2. The number of ketones is 1. The van der Waals surface area contributed by atoms with Crippen molar-refractivity contribution in [1.29, 1.82) is 0 Å². The van der Waals surface area contributed by atoms with E-state index < -0.39 is 11.6 Å². The molecule has 3 nitrogen and oxygen atoms in total. The van der Waals surface area contributed by atoms with E-state index in [9.17, 15) is 13.6 Å². The summed E-state index contributed by atoms with van der Waals surface area (Å²) in [7, 11) is 0. The number of rotatable bonds is 3. The Morgan fingerprint density at radius 1 is 1.41 bits per heavy atom. The largest absolute Gasteiger partial charge is 0.379 e. The number of ether oxygens (including phenoxy) is 1. The van der Waals surface area contributed by atoms with E-state index in [1.165, 1.54) is 6.07 Å². The third-order valence-corrected chi connectivity index (χ3v) is 2.92. The molecule has 0 spiro atoms. The Morgan fingerprint density at radius 2 is 2.18 bits per heavy atom. The van der Waals surface area contributed by atoms with Crippen LogP contribution in [0.5, 0.6) is 0 Å². The molecule has 1 saturated heterocycles. The Morgan fingerprint density at radius 3 is 2.76 bits per heavy atom. The topological polar surface area (TPSA) is 52.3 Å². The number of nitrogens with two attached hydrogens (primary N) is 1. The van der Waals surface area contributed by atoms with Crippen LogP contribution in [0.15, 0.2) is 18.2 Å². The molecule has 2 rings (SSSR count). The SMILES string of the molecule is NC1COCC1C(=O)Cc1ccc(F)cc1F. The van der Waals surface area contributed by atoms with Gasteiger partial charge in [0.2, 0.25) is 0 Å². The third-order valence-electron chi connectivity index (χ3n) is 2.92. The Hall–Kier alpha value is -1.33. The normalized spacial score (nSPS) is 23.9. The molecule has 1 aliphatic rings. The molecule has 2 atom stereocenters. The zero-order chi connectivity index (χ0) is 12.4. The van der Waals surface area contributed by atoms with E-state index in [-0.39, 0.29) is 36.3 Å². The molecular formula is C12H13F2NO2. The van der Waals surface area contributed by atoms with E-state index in [0.29, 0.717) is 6.61 Å². The Kier molecular flexibility index (Phi) is 3.49. The monoisotopic (exact) mass is 241 g/mol. The molecule has 0 bridgehead atoms. The van der Waals surface area contributed by atoms with Gasteiger partial charge >= 0.3 is 0 Å². The van der Waals surface area contributed by atoms with Crippen LogP contribution in [0.4, 0.5) is 8.78 Å². The van der Waals surface area contributed by atoms with Crippen LogP contribution in [0, 0.1) is 17.6 Å². The summed E-state index contributed by atoms with van der Waals surface area (Å²) < 4.78 is 31.1. The minimum Gasteiger partial charge on any atom is -0.379 e. The van der Waals surface area contributed by atoms with Crippen LogP contribution in [0.1, 0.15) is 5.56 Å². The predicted octanol–water partition coefficient (Wildman–Crippen LogP) is 1.05. The fourth-order valence-corrected chi connectivity index (χ4v) is 1.89. The van der Waals surface area contributed by atoms with Crippen molar-refractivity contribution >= 4 is 5.78 Å². The van der Waals surface area contributed by atoms with Gasteiger partial charge in [0.05, 0.1) is 19.1 Å². The lowest BCUT2D eigenvalue weighted by molar-refractivity contribution is -0.122. The molecule has 2 unspecified atom stereocenters. The smallest absolute Gasteiger partial charge is 0.144 e. The van der Waals surface area contributed by atoms with Gasteiger partial charge in [-0.05, 0) is 11.6 Å². The lowest BCUT2D eigenvalue weighted by atomic mass is 9.94. The zero-order valence-corrected chi connectivity index (χ0v) is 9.16. The standard InChI is InChI=1S/C12H13F2NO2/c13-8-2-1-7(10(14)4-8)3-12(16)9-5-17-6-11(9)15/h1-2,4,9,11H,3,5-6,15H2.